The molecule has 7 rings (SSSR count). The van der Waals surface area contributed by atoms with Crippen molar-refractivity contribution in [1.82, 2.24) is 19.5 Å². The summed E-state index contributed by atoms with van der Waals surface area (Å²) in [6.07, 6.45) is 6.84. The Balaban J connectivity index is 1.21. The average molecular weight is 655 g/mol. The van der Waals surface area contributed by atoms with E-state index >= 15 is 0 Å². The van der Waals surface area contributed by atoms with Crippen LogP contribution in [0.2, 0.25) is 0 Å². The number of hydrogen-bond acceptors (Lipinski definition) is 7. The molecule has 0 aliphatic carbocycles. The van der Waals surface area contributed by atoms with Gasteiger partial charge in [0.2, 0.25) is 0 Å². The molecule has 0 spiro atoms. The molecule has 7 nitrogen and oxygen atoms in total. The van der Waals surface area contributed by atoms with E-state index in [0.717, 1.165) is 51.6 Å². The average Bonchev–Trinajstić information content (AvgIpc) is 3.39. The molecule has 0 saturated carbocycles. The topological polar surface area (TPSA) is 79.1 Å². The Morgan fingerprint density at radius 1 is 0.833 bits per heavy atom. The standard InChI is InChI=1S/C40H38N4O3S/c1-27-21-33-36(46-25-32-16-15-29(23-43-32)28-11-5-4-6-12-28)18-17-34-37(33)38(48-27)35(44(34)24-30-13-7-9-19-41-30)22-40(2,3)39(45)47-26-31-14-8-10-20-42-31/h4-20,23,27H,21-22,24-26H2,1-3H3. The third-order valence-electron chi connectivity index (χ3n) is 8.76. The first-order valence-corrected chi connectivity index (χ1v) is 17.2. The number of ether oxygens (including phenoxy) is 2. The predicted octanol–water partition coefficient (Wildman–Crippen LogP) is 8.47. The van der Waals surface area contributed by atoms with Crippen LogP contribution in [-0.2, 0) is 42.1 Å². The molecule has 4 aromatic heterocycles. The molecule has 1 atom stereocenters. The fourth-order valence-electron chi connectivity index (χ4n) is 6.28. The van der Waals surface area contributed by atoms with Gasteiger partial charge in [-0.1, -0.05) is 55.5 Å². The molecular formula is C40H38N4O3S. The molecule has 6 aromatic rings. The summed E-state index contributed by atoms with van der Waals surface area (Å²) < 4.78 is 14.6. The highest BCUT2D eigenvalue weighted by Crippen LogP contribution is 2.48. The van der Waals surface area contributed by atoms with E-state index in [1.54, 1.807) is 6.20 Å². The summed E-state index contributed by atoms with van der Waals surface area (Å²) in [5.41, 5.74) is 7.44. The van der Waals surface area contributed by atoms with Gasteiger partial charge in [0.25, 0.3) is 0 Å². The lowest BCUT2D eigenvalue weighted by Crippen LogP contribution is -2.30. The monoisotopic (exact) mass is 654 g/mol. The Morgan fingerprint density at radius 3 is 2.27 bits per heavy atom. The summed E-state index contributed by atoms with van der Waals surface area (Å²) in [6.45, 7) is 7.30. The minimum absolute atomic E-state index is 0.146. The second-order valence-corrected chi connectivity index (χ2v) is 14.4. The van der Waals surface area contributed by atoms with Gasteiger partial charge in [-0.05, 0) is 68.3 Å². The van der Waals surface area contributed by atoms with Gasteiger partial charge in [-0.25, -0.2) is 0 Å². The largest absolute Gasteiger partial charge is 0.487 e. The van der Waals surface area contributed by atoms with Crippen molar-refractivity contribution in [3.8, 4) is 16.9 Å². The number of nitrogens with zero attached hydrogens (tertiary/aromatic N) is 4. The molecule has 1 aliphatic heterocycles. The van der Waals surface area contributed by atoms with E-state index in [0.29, 0.717) is 24.8 Å². The number of hydrogen-bond donors (Lipinski definition) is 0. The summed E-state index contributed by atoms with van der Waals surface area (Å²) in [7, 11) is 0. The molecule has 5 heterocycles. The van der Waals surface area contributed by atoms with Crippen molar-refractivity contribution >= 4 is 28.6 Å². The van der Waals surface area contributed by atoms with E-state index in [9.17, 15) is 4.79 Å². The van der Waals surface area contributed by atoms with Crippen molar-refractivity contribution < 1.29 is 14.3 Å². The number of aromatic nitrogens is 4. The summed E-state index contributed by atoms with van der Waals surface area (Å²) in [5, 5.41) is 1.53. The second kappa shape index (κ2) is 13.6. The summed E-state index contributed by atoms with van der Waals surface area (Å²) in [4.78, 5) is 28.4. The SMILES string of the molecule is CC1Cc2c(OCc3ccc(-c4ccccc4)cn3)ccc3c2c(c(CC(C)(C)C(=O)OCc2ccccn2)n3Cc2ccccn2)S1. The van der Waals surface area contributed by atoms with Gasteiger partial charge < -0.3 is 14.0 Å². The normalized spacial score (nSPS) is 14.2. The number of thioether (sulfide) groups is 1. The molecule has 2 aromatic carbocycles. The van der Waals surface area contributed by atoms with Crippen LogP contribution in [0.1, 0.15) is 49.1 Å². The van der Waals surface area contributed by atoms with Crippen LogP contribution < -0.4 is 4.74 Å². The second-order valence-electron chi connectivity index (χ2n) is 12.9. The predicted molar refractivity (Wildman–Crippen MR) is 190 cm³/mol. The maximum atomic E-state index is 13.5. The maximum absolute atomic E-state index is 13.5. The highest BCUT2D eigenvalue weighted by Gasteiger charge is 2.36. The Kier molecular flexibility index (Phi) is 9.00. The van der Waals surface area contributed by atoms with Crippen LogP contribution in [0.4, 0.5) is 0 Å². The van der Waals surface area contributed by atoms with Crippen molar-refractivity contribution in [3.05, 3.63) is 138 Å². The van der Waals surface area contributed by atoms with E-state index in [2.05, 4.69) is 51.8 Å². The molecule has 0 amide bonds. The first kappa shape index (κ1) is 31.6. The minimum Gasteiger partial charge on any atom is -0.487 e. The van der Waals surface area contributed by atoms with Gasteiger partial charge in [-0.3, -0.25) is 19.7 Å². The van der Waals surface area contributed by atoms with Crippen molar-refractivity contribution in [2.45, 2.75) is 63.5 Å². The van der Waals surface area contributed by atoms with Crippen LogP contribution in [0.25, 0.3) is 22.0 Å². The van der Waals surface area contributed by atoms with Gasteiger partial charge in [0.05, 0.1) is 34.6 Å². The Morgan fingerprint density at radius 2 is 1.56 bits per heavy atom. The van der Waals surface area contributed by atoms with Gasteiger partial charge in [0.15, 0.2) is 0 Å². The number of benzene rings is 2. The maximum Gasteiger partial charge on any atom is 0.312 e. The number of carbonyl (C=O) groups is 1. The summed E-state index contributed by atoms with van der Waals surface area (Å²) in [6, 6.07) is 30.2. The van der Waals surface area contributed by atoms with Crippen molar-refractivity contribution in [3.63, 3.8) is 0 Å². The van der Waals surface area contributed by atoms with Crippen LogP contribution in [0.3, 0.4) is 0 Å². The molecule has 0 fully saturated rings. The fourth-order valence-corrected chi connectivity index (χ4v) is 7.60. The molecule has 0 bridgehead atoms. The molecule has 0 N–H and O–H groups in total. The van der Waals surface area contributed by atoms with Gasteiger partial charge in [0.1, 0.15) is 19.0 Å². The Hall–Kier alpha value is -4.95. The smallest absolute Gasteiger partial charge is 0.312 e. The van der Waals surface area contributed by atoms with E-state index in [1.807, 2.05) is 98.7 Å². The van der Waals surface area contributed by atoms with Crippen molar-refractivity contribution in [2.75, 3.05) is 0 Å². The number of esters is 1. The first-order valence-electron chi connectivity index (χ1n) is 16.3. The number of pyridine rings is 3. The molecule has 48 heavy (non-hydrogen) atoms. The third kappa shape index (κ3) is 6.71. The number of rotatable bonds is 11. The Labute approximate surface area is 285 Å². The zero-order valence-corrected chi connectivity index (χ0v) is 28.2. The molecule has 8 heteroatoms. The molecule has 0 radical (unpaired) electrons. The molecule has 1 aliphatic rings. The third-order valence-corrected chi connectivity index (χ3v) is 10.0. The highest BCUT2D eigenvalue weighted by molar-refractivity contribution is 8.00. The zero-order valence-electron chi connectivity index (χ0n) is 27.4. The van der Waals surface area contributed by atoms with E-state index in [-0.39, 0.29) is 12.6 Å². The van der Waals surface area contributed by atoms with E-state index in [1.165, 1.54) is 15.8 Å². The lowest BCUT2D eigenvalue weighted by atomic mass is 9.87. The lowest BCUT2D eigenvalue weighted by Gasteiger charge is -2.26. The van der Waals surface area contributed by atoms with Crippen molar-refractivity contribution in [1.29, 1.82) is 0 Å². The van der Waals surface area contributed by atoms with Crippen molar-refractivity contribution in [2.24, 2.45) is 5.41 Å². The van der Waals surface area contributed by atoms with Crippen LogP contribution in [0.5, 0.6) is 5.75 Å². The summed E-state index contributed by atoms with van der Waals surface area (Å²) >= 11 is 1.88. The molecule has 1 unspecified atom stereocenters. The lowest BCUT2D eigenvalue weighted by molar-refractivity contribution is -0.155. The van der Waals surface area contributed by atoms with E-state index in [4.69, 9.17) is 14.5 Å². The highest BCUT2D eigenvalue weighted by atomic mass is 32.2. The Bertz CT molecular complexity index is 2030. The van der Waals surface area contributed by atoms with Gasteiger partial charge >= 0.3 is 5.97 Å². The molecule has 0 saturated heterocycles. The van der Waals surface area contributed by atoms with Crippen LogP contribution >= 0.6 is 11.8 Å². The first-order chi connectivity index (χ1) is 23.4. The fraction of sp³-hybridized carbons (Fsp3) is 0.250. The van der Waals surface area contributed by atoms with Crippen LogP contribution in [0.15, 0.2) is 114 Å². The van der Waals surface area contributed by atoms with Crippen LogP contribution in [-0.4, -0.2) is 30.7 Å². The van der Waals surface area contributed by atoms with Crippen LogP contribution in [0, 0.1) is 5.41 Å². The summed E-state index contributed by atoms with van der Waals surface area (Å²) in [5.74, 6) is 0.624. The van der Waals surface area contributed by atoms with E-state index < -0.39 is 5.41 Å². The minimum atomic E-state index is -0.778. The van der Waals surface area contributed by atoms with Gasteiger partial charge in [-0.2, -0.15) is 0 Å². The molecular weight excluding hydrogens is 617 g/mol. The van der Waals surface area contributed by atoms with Gasteiger partial charge in [-0.15, -0.1) is 11.8 Å². The van der Waals surface area contributed by atoms with Gasteiger partial charge in [0, 0.05) is 57.4 Å². The quantitative estimate of drug-likeness (QED) is 0.130. The number of carbonyl (C=O) groups excluding carboxylic acids is 1. The molecule has 242 valence electrons. The zero-order chi connectivity index (χ0) is 33.1.